The Balaban J connectivity index is 1.95. The van der Waals surface area contributed by atoms with Crippen LogP contribution in [0.4, 0.5) is 0 Å². The summed E-state index contributed by atoms with van der Waals surface area (Å²) in [4.78, 5) is 4.11. The highest BCUT2D eigenvalue weighted by Gasteiger charge is 2.07. The van der Waals surface area contributed by atoms with E-state index >= 15 is 0 Å². The fourth-order valence-electron chi connectivity index (χ4n) is 1.98. The molecule has 0 aliphatic carbocycles. The van der Waals surface area contributed by atoms with E-state index in [2.05, 4.69) is 29.2 Å². The topological polar surface area (TPSA) is 38.9 Å². The van der Waals surface area contributed by atoms with Crippen molar-refractivity contribution in [1.82, 2.24) is 10.1 Å². The van der Waals surface area contributed by atoms with Gasteiger partial charge in [-0.25, -0.2) is 0 Å². The zero-order valence-electron chi connectivity index (χ0n) is 11.4. The minimum absolute atomic E-state index is 0.859. The second-order valence-electron chi connectivity index (χ2n) is 4.61. The molecule has 100 valence electrons. The van der Waals surface area contributed by atoms with Crippen LogP contribution in [0.2, 0.25) is 0 Å². The Morgan fingerprint density at radius 1 is 1.26 bits per heavy atom. The highest BCUT2D eigenvalue weighted by Crippen LogP contribution is 2.22. The molecule has 0 atom stereocenters. The number of unbranched alkanes of at least 4 members (excludes halogenated alkanes) is 4. The van der Waals surface area contributed by atoms with Crippen molar-refractivity contribution in [1.29, 1.82) is 0 Å². The van der Waals surface area contributed by atoms with Crippen LogP contribution in [0.3, 0.4) is 0 Å². The van der Waals surface area contributed by atoms with Crippen LogP contribution in [0.25, 0.3) is 17.3 Å². The van der Waals surface area contributed by atoms with E-state index in [1.807, 2.05) is 12.1 Å². The highest BCUT2D eigenvalue weighted by molar-refractivity contribution is 5.70. The summed E-state index contributed by atoms with van der Waals surface area (Å²) in [6.45, 7) is 2.23. The summed E-state index contributed by atoms with van der Waals surface area (Å²) in [5.74, 6) is 0. The molecule has 0 aliphatic rings. The van der Waals surface area contributed by atoms with E-state index in [9.17, 15) is 0 Å². The number of rotatable bonds is 7. The number of hydrogen-bond acceptors (Lipinski definition) is 3. The van der Waals surface area contributed by atoms with E-state index in [1.54, 1.807) is 18.7 Å². The molecule has 0 unspecified atom stereocenters. The second-order valence-corrected chi connectivity index (χ2v) is 4.61. The van der Waals surface area contributed by atoms with Gasteiger partial charge in [0.15, 0.2) is 0 Å². The van der Waals surface area contributed by atoms with Gasteiger partial charge in [0, 0.05) is 23.5 Å². The molecule has 0 saturated carbocycles. The lowest BCUT2D eigenvalue weighted by molar-refractivity contribution is 0.422. The lowest BCUT2D eigenvalue weighted by Gasteiger charge is -1.96. The Bertz CT molecular complexity index is 502. The van der Waals surface area contributed by atoms with Crippen LogP contribution in [0.5, 0.6) is 0 Å². The molecule has 0 saturated heterocycles. The molecule has 0 radical (unpaired) electrons. The summed E-state index contributed by atoms with van der Waals surface area (Å²) < 4.78 is 5.07. The van der Waals surface area contributed by atoms with Crippen LogP contribution < -0.4 is 0 Å². The van der Waals surface area contributed by atoms with Crippen molar-refractivity contribution in [2.45, 2.75) is 39.0 Å². The van der Waals surface area contributed by atoms with E-state index in [-0.39, 0.29) is 0 Å². The lowest BCUT2D eigenvalue weighted by Crippen LogP contribution is -1.81. The summed E-state index contributed by atoms with van der Waals surface area (Å²) in [6.07, 6.45) is 15.8. The molecule has 3 nitrogen and oxygen atoms in total. The van der Waals surface area contributed by atoms with Gasteiger partial charge in [0.1, 0.15) is 12.0 Å². The van der Waals surface area contributed by atoms with E-state index < -0.39 is 0 Å². The minimum atomic E-state index is 0.859. The highest BCUT2D eigenvalue weighted by atomic mass is 16.5. The molecule has 0 aromatic carbocycles. The van der Waals surface area contributed by atoms with E-state index in [0.29, 0.717) is 0 Å². The van der Waals surface area contributed by atoms with Crippen LogP contribution in [-0.2, 0) is 0 Å². The maximum absolute atomic E-state index is 5.07. The summed E-state index contributed by atoms with van der Waals surface area (Å²) in [5.41, 5.74) is 2.86. The molecule has 2 aromatic heterocycles. The first-order chi connectivity index (χ1) is 9.42. The third kappa shape index (κ3) is 4.05. The second kappa shape index (κ2) is 7.52. The molecule has 0 bridgehead atoms. The number of hydrogen-bond donors (Lipinski definition) is 0. The summed E-state index contributed by atoms with van der Waals surface area (Å²) in [7, 11) is 0. The van der Waals surface area contributed by atoms with Crippen LogP contribution >= 0.6 is 0 Å². The number of aromatic nitrogens is 2. The van der Waals surface area contributed by atoms with Gasteiger partial charge in [-0.05, 0) is 25.0 Å². The third-order valence-corrected chi connectivity index (χ3v) is 3.05. The van der Waals surface area contributed by atoms with Gasteiger partial charge in [-0.2, -0.15) is 0 Å². The summed E-state index contributed by atoms with van der Waals surface area (Å²) >= 11 is 0. The quantitative estimate of drug-likeness (QED) is 0.673. The van der Waals surface area contributed by atoms with Gasteiger partial charge in [0.2, 0.25) is 0 Å². The van der Waals surface area contributed by atoms with Crippen molar-refractivity contribution < 1.29 is 4.52 Å². The summed E-state index contributed by atoms with van der Waals surface area (Å²) in [6, 6.07) is 3.89. The fraction of sp³-hybridized carbons (Fsp3) is 0.375. The Morgan fingerprint density at radius 2 is 2.21 bits per heavy atom. The maximum atomic E-state index is 5.07. The zero-order valence-corrected chi connectivity index (χ0v) is 11.4. The molecule has 0 aliphatic heterocycles. The van der Waals surface area contributed by atoms with Gasteiger partial charge in [-0.1, -0.05) is 43.5 Å². The lowest BCUT2D eigenvalue weighted by atomic mass is 10.1. The molecule has 2 rings (SSSR count). The number of allylic oxidation sites excluding steroid dienone is 1. The Labute approximate surface area is 114 Å². The van der Waals surface area contributed by atoms with Crippen molar-refractivity contribution in [2.24, 2.45) is 0 Å². The van der Waals surface area contributed by atoms with Gasteiger partial charge in [0.25, 0.3) is 0 Å². The minimum Gasteiger partial charge on any atom is -0.363 e. The first-order valence-electron chi connectivity index (χ1n) is 6.93. The Morgan fingerprint density at radius 3 is 3.00 bits per heavy atom. The molecule has 2 aromatic rings. The van der Waals surface area contributed by atoms with Crippen molar-refractivity contribution in [3.8, 4) is 11.3 Å². The van der Waals surface area contributed by atoms with Gasteiger partial charge >= 0.3 is 0 Å². The average Bonchev–Trinajstić information content (AvgIpc) is 2.92. The zero-order chi connectivity index (χ0) is 13.3. The molecule has 0 amide bonds. The average molecular weight is 256 g/mol. The number of nitrogens with zero attached hydrogens (tertiary/aromatic N) is 2. The smallest absolute Gasteiger partial charge is 0.131 e. The molecule has 0 spiro atoms. The van der Waals surface area contributed by atoms with Gasteiger partial charge in [-0.3, -0.25) is 4.98 Å². The number of pyridine rings is 1. The Hall–Kier alpha value is -1.90. The van der Waals surface area contributed by atoms with Crippen molar-refractivity contribution in [3.05, 3.63) is 42.4 Å². The molecular formula is C16H20N2O. The molecule has 0 N–H and O–H groups in total. The largest absolute Gasteiger partial charge is 0.363 e. The maximum Gasteiger partial charge on any atom is 0.131 e. The predicted molar refractivity (Wildman–Crippen MR) is 77.5 cm³/mol. The molecular weight excluding hydrogens is 236 g/mol. The van der Waals surface area contributed by atoms with Gasteiger partial charge < -0.3 is 4.52 Å². The van der Waals surface area contributed by atoms with E-state index in [4.69, 9.17) is 4.52 Å². The SMILES string of the molecule is CCCCCC/C=C/c1conc1-c1cccnc1. The molecule has 3 heteroatoms. The van der Waals surface area contributed by atoms with Crippen LogP contribution in [0, 0.1) is 0 Å². The molecule has 0 fully saturated rings. The fourth-order valence-corrected chi connectivity index (χ4v) is 1.98. The van der Waals surface area contributed by atoms with Gasteiger partial charge in [0.05, 0.1) is 0 Å². The predicted octanol–water partition coefficient (Wildman–Crippen LogP) is 4.72. The van der Waals surface area contributed by atoms with Crippen LogP contribution in [0.1, 0.15) is 44.6 Å². The van der Waals surface area contributed by atoms with Crippen molar-refractivity contribution in [2.75, 3.05) is 0 Å². The third-order valence-electron chi connectivity index (χ3n) is 3.05. The van der Waals surface area contributed by atoms with E-state index in [1.165, 1.54) is 25.7 Å². The normalized spacial score (nSPS) is 11.2. The monoisotopic (exact) mass is 256 g/mol. The molecule has 19 heavy (non-hydrogen) atoms. The van der Waals surface area contributed by atoms with Crippen LogP contribution in [-0.4, -0.2) is 10.1 Å². The molecule has 2 heterocycles. The first-order valence-corrected chi connectivity index (χ1v) is 6.93. The first kappa shape index (κ1) is 13.5. The van der Waals surface area contributed by atoms with E-state index in [0.717, 1.165) is 23.2 Å². The standard InChI is InChI=1S/C16H20N2O/c1-2-3-4-5-6-7-9-15-13-19-18-16(15)14-10-8-11-17-12-14/h7-13H,2-6H2,1H3/b9-7+. The van der Waals surface area contributed by atoms with Crippen LogP contribution in [0.15, 0.2) is 41.4 Å². The summed E-state index contributed by atoms with van der Waals surface area (Å²) in [5, 5.41) is 4.05. The van der Waals surface area contributed by atoms with Crippen molar-refractivity contribution in [3.63, 3.8) is 0 Å². The Kier molecular flexibility index (Phi) is 5.35. The van der Waals surface area contributed by atoms with Gasteiger partial charge in [-0.15, -0.1) is 0 Å². The van der Waals surface area contributed by atoms with Crippen molar-refractivity contribution >= 4 is 6.08 Å².